The summed E-state index contributed by atoms with van der Waals surface area (Å²) in [7, 11) is -3.75. The molecular weight excluding hydrogens is 412 g/mol. The van der Waals surface area contributed by atoms with Gasteiger partial charge in [0, 0.05) is 12.1 Å². The van der Waals surface area contributed by atoms with E-state index in [4.69, 9.17) is 4.74 Å². The maximum absolute atomic E-state index is 12.7. The van der Waals surface area contributed by atoms with E-state index in [1.54, 1.807) is 13.0 Å². The lowest BCUT2D eigenvalue weighted by atomic mass is 10.1. The normalized spacial score (nSPS) is 11.2. The van der Waals surface area contributed by atoms with E-state index in [1.165, 1.54) is 12.1 Å². The van der Waals surface area contributed by atoms with Crippen LogP contribution in [0.4, 0.5) is 0 Å². The van der Waals surface area contributed by atoms with Gasteiger partial charge in [-0.1, -0.05) is 54.6 Å². The molecule has 3 aromatic carbocycles. The Kier molecular flexibility index (Phi) is 7.44. The minimum Gasteiger partial charge on any atom is -0.491 e. The lowest BCUT2D eigenvalue weighted by Gasteiger charge is -2.12. The van der Waals surface area contributed by atoms with Gasteiger partial charge in [0.05, 0.1) is 11.4 Å². The van der Waals surface area contributed by atoms with Crippen LogP contribution in [0.1, 0.15) is 27.0 Å². The monoisotopic (exact) mass is 438 g/mol. The second-order valence-corrected chi connectivity index (χ2v) is 8.92. The highest BCUT2D eigenvalue weighted by atomic mass is 32.2. The van der Waals surface area contributed by atoms with Crippen molar-refractivity contribution in [1.82, 2.24) is 10.0 Å². The Morgan fingerprint density at radius 3 is 2.35 bits per heavy atom. The lowest BCUT2D eigenvalue weighted by molar-refractivity contribution is 0.0946. The molecule has 0 saturated heterocycles. The first kappa shape index (κ1) is 22.5. The highest BCUT2D eigenvalue weighted by molar-refractivity contribution is 7.89. The van der Waals surface area contributed by atoms with Crippen molar-refractivity contribution in [3.63, 3.8) is 0 Å². The van der Waals surface area contributed by atoms with Gasteiger partial charge in [0.15, 0.2) is 0 Å². The van der Waals surface area contributed by atoms with Crippen LogP contribution in [0.2, 0.25) is 0 Å². The maximum atomic E-state index is 12.7. The van der Waals surface area contributed by atoms with Gasteiger partial charge in [0.2, 0.25) is 10.0 Å². The maximum Gasteiger partial charge on any atom is 0.251 e. The van der Waals surface area contributed by atoms with E-state index in [-0.39, 0.29) is 17.3 Å². The molecule has 0 unspecified atom stereocenters. The number of sulfonamides is 1. The van der Waals surface area contributed by atoms with Crippen molar-refractivity contribution in [3.05, 3.63) is 95.1 Å². The second-order valence-electron chi connectivity index (χ2n) is 7.16. The predicted molar refractivity (Wildman–Crippen MR) is 121 cm³/mol. The average molecular weight is 439 g/mol. The fraction of sp³-hybridized carbons (Fsp3) is 0.208. The lowest BCUT2D eigenvalue weighted by Crippen LogP contribution is -2.29. The smallest absolute Gasteiger partial charge is 0.251 e. The summed E-state index contributed by atoms with van der Waals surface area (Å²) in [6.07, 6.45) is 0. The molecule has 0 saturated carbocycles. The summed E-state index contributed by atoms with van der Waals surface area (Å²) in [4.78, 5) is 12.7. The first-order chi connectivity index (χ1) is 14.9. The van der Waals surface area contributed by atoms with Crippen LogP contribution in [0.15, 0.2) is 77.7 Å². The van der Waals surface area contributed by atoms with Crippen molar-refractivity contribution in [2.45, 2.75) is 25.3 Å². The summed E-state index contributed by atoms with van der Waals surface area (Å²) in [5, 5.41) is 2.79. The molecule has 0 radical (unpaired) electrons. The van der Waals surface area contributed by atoms with E-state index >= 15 is 0 Å². The molecule has 31 heavy (non-hydrogen) atoms. The van der Waals surface area contributed by atoms with Gasteiger partial charge in [-0.2, -0.15) is 0 Å². The van der Waals surface area contributed by atoms with Gasteiger partial charge >= 0.3 is 0 Å². The quantitative estimate of drug-likeness (QED) is 0.500. The van der Waals surface area contributed by atoms with Gasteiger partial charge < -0.3 is 10.1 Å². The Morgan fingerprint density at radius 1 is 0.903 bits per heavy atom. The Bertz CT molecular complexity index is 1150. The van der Waals surface area contributed by atoms with Crippen molar-refractivity contribution < 1.29 is 17.9 Å². The van der Waals surface area contributed by atoms with Crippen LogP contribution in [0.5, 0.6) is 5.75 Å². The summed E-state index contributed by atoms with van der Waals surface area (Å²) >= 11 is 0. The third-order valence-corrected chi connectivity index (χ3v) is 6.21. The van der Waals surface area contributed by atoms with Crippen molar-refractivity contribution in [2.75, 3.05) is 13.2 Å². The van der Waals surface area contributed by atoms with Gasteiger partial charge in [0.25, 0.3) is 5.91 Å². The van der Waals surface area contributed by atoms with Crippen LogP contribution in [0, 0.1) is 13.8 Å². The molecule has 6 nitrogen and oxygen atoms in total. The molecule has 7 heteroatoms. The summed E-state index contributed by atoms with van der Waals surface area (Å²) in [5.41, 5.74) is 2.88. The number of carbonyl (C=O) groups excluding carboxylic acids is 1. The molecule has 0 aliphatic rings. The van der Waals surface area contributed by atoms with Crippen molar-refractivity contribution in [3.8, 4) is 5.75 Å². The molecule has 2 N–H and O–H groups in total. The Morgan fingerprint density at radius 2 is 1.61 bits per heavy atom. The Balaban J connectivity index is 1.61. The van der Waals surface area contributed by atoms with Crippen LogP contribution in [-0.2, 0) is 16.6 Å². The number of para-hydroxylation sites is 1. The SMILES string of the molecule is Cc1ccccc1OCCNC(=O)c1cc(S(=O)(=O)NCc2ccccc2)ccc1C. The predicted octanol–water partition coefficient (Wildman–Crippen LogP) is 3.59. The Hall–Kier alpha value is -3.16. The molecule has 0 atom stereocenters. The summed E-state index contributed by atoms with van der Waals surface area (Å²) in [5.74, 6) is 0.427. The number of carbonyl (C=O) groups is 1. The molecule has 3 rings (SSSR count). The van der Waals surface area contributed by atoms with Gasteiger partial charge in [-0.05, 0) is 48.7 Å². The van der Waals surface area contributed by atoms with Crippen molar-refractivity contribution in [1.29, 1.82) is 0 Å². The van der Waals surface area contributed by atoms with E-state index in [0.29, 0.717) is 24.3 Å². The highest BCUT2D eigenvalue weighted by Crippen LogP contribution is 2.17. The molecule has 162 valence electrons. The summed E-state index contributed by atoms with van der Waals surface area (Å²) in [6.45, 7) is 4.51. The minimum atomic E-state index is -3.75. The number of hydrogen-bond acceptors (Lipinski definition) is 4. The van der Waals surface area contributed by atoms with Crippen LogP contribution in [0.25, 0.3) is 0 Å². The number of amides is 1. The van der Waals surface area contributed by atoms with Crippen LogP contribution < -0.4 is 14.8 Å². The molecule has 0 aromatic heterocycles. The van der Waals surface area contributed by atoms with Crippen LogP contribution in [0.3, 0.4) is 0 Å². The zero-order chi connectivity index (χ0) is 22.3. The second kappa shape index (κ2) is 10.2. The molecule has 0 spiro atoms. The highest BCUT2D eigenvalue weighted by Gasteiger charge is 2.18. The van der Waals surface area contributed by atoms with Crippen molar-refractivity contribution in [2.24, 2.45) is 0 Å². The van der Waals surface area contributed by atoms with E-state index in [9.17, 15) is 13.2 Å². The molecule has 0 fully saturated rings. The molecule has 0 aliphatic carbocycles. The average Bonchev–Trinajstić information content (AvgIpc) is 2.77. The number of ether oxygens (including phenoxy) is 1. The van der Waals surface area contributed by atoms with E-state index in [0.717, 1.165) is 16.9 Å². The molecule has 1 amide bonds. The van der Waals surface area contributed by atoms with Gasteiger partial charge in [-0.3, -0.25) is 4.79 Å². The molecule has 0 heterocycles. The molecule has 0 bridgehead atoms. The van der Waals surface area contributed by atoms with Crippen LogP contribution >= 0.6 is 0 Å². The number of benzene rings is 3. The van der Waals surface area contributed by atoms with E-state index in [1.807, 2.05) is 61.5 Å². The molecule has 0 aliphatic heterocycles. The first-order valence-corrected chi connectivity index (χ1v) is 11.5. The Labute approximate surface area is 183 Å². The van der Waals surface area contributed by atoms with Gasteiger partial charge in [0.1, 0.15) is 12.4 Å². The van der Waals surface area contributed by atoms with E-state index < -0.39 is 10.0 Å². The van der Waals surface area contributed by atoms with Crippen LogP contribution in [-0.4, -0.2) is 27.5 Å². The number of nitrogens with one attached hydrogen (secondary N) is 2. The first-order valence-electron chi connectivity index (χ1n) is 9.98. The third kappa shape index (κ3) is 6.16. The van der Waals surface area contributed by atoms with E-state index in [2.05, 4.69) is 10.0 Å². The zero-order valence-corrected chi connectivity index (χ0v) is 18.4. The minimum absolute atomic E-state index is 0.0512. The topological polar surface area (TPSA) is 84.5 Å². The summed E-state index contributed by atoms with van der Waals surface area (Å²) in [6, 6.07) is 21.4. The number of aryl methyl sites for hydroxylation is 2. The zero-order valence-electron chi connectivity index (χ0n) is 17.6. The summed E-state index contributed by atoms with van der Waals surface area (Å²) < 4.78 is 33.6. The number of rotatable bonds is 9. The van der Waals surface area contributed by atoms with Crippen molar-refractivity contribution >= 4 is 15.9 Å². The van der Waals surface area contributed by atoms with Gasteiger partial charge in [-0.25, -0.2) is 13.1 Å². The number of hydrogen-bond donors (Lipinski definition) is 2. The van der Waals surface area contributed by atoms with Gasteiger partial charge in [-0.15, -0.1) is 0 Å². The molecule has 3 aromatic rings. The standard InChI is InChI=1S/C24H26N2O4S/c1-18-12-13-21(31(28,29)26-17-20-9-4-3-5-10-20)16-22(18)24(27)25-14-15-30-23-11-7-6-8-19(23)2/h3-13,16,26H,14-15,17H2,1-2H3,(H,25,27). The fourth-order valence-electron chi connectivity index (χ4n) is 3.01. The molecular formula is C24H26N2O4S. The fourth-order valence-corrected chi connectivity index (χ4v) is 4.05. The third-order valence-electron chi connectivity index (χ3n) is 4.81. The largest absolute Gasteiger partial charge is 0.491 e.